The molecule has 82 valence electrons. The van der Waals surface area contributed by atoms with Crippen molar-refractivity contribution in [1.82, 2.24) is 0 Å². The van der Waals surface area contributed by atoms with Gasteiger partial charge in [-0.25, -0.2) is 8.78 Å². The van der Waals surface area contributed by atoms with Crippen LogP contribution in [0.25, 0.3) is 0 Å². The normalized spacial score (nSPS) is 11.1. The summed E-state index contributed by atoms with van der Waals surface area (Å²) >= 11 is 0. The number of benzene rings is 1. The third kappa shape index (κ3) is 3.80. The molecule has 15 heavy (non-hydrogen) atoms. The van der Waals surface area contributed by atoms with Crippen molar-refractivity contribution in [3.8, 4) is 0 Å². The molecule has 0 spiro atoms. The van der Waals surface area contributed by atoms with Gasteiger partial charge in [-0.1, -0.05) is 24.3 Å². The molecule has 0 saturated heterocycles. The molecule has 0 heterocycles. The molecule has 0 amide bonds. The summed E-state index contributed by atoms with van der Waals surface area (Å²) in [4.78, 5) is 0. The summed E-state index contributed by atoms with van der Waals surface area (Å²) in [5, 5.41) is 0. The first-order chi connectivity index (χ1) is 7.25. The molecule has 1 aromatic rings. The number of methoxy groups -OCH3 is 1. The number of rotatable bonds is 5. The molecule has 0 N–H and O–H groups in total. The minimum absolute atomic E-state index is 0.414. The average Bonchev–Trinajstić information content (AvgIpc) is 2.24. The summed E-state index contributed by atoms with van der Waals surface area (Å²) in [6, 6.07) is 4.24. The molecule has 0 aliphatic heterocycles. The molecule has 3 heteroatoms. The molecule has 0 fully saturated rings. The first kappa shape index (κ1) is 11.9. The second-order valence-corrected chi connectivity index (χ2v) is 3.18. The zero-order valence-electron chi connectivity index (χ0n) is 8.67. The van der Waals surface area contributed by atoms with Crippen molar-refractivity contribution < 1.29 is 13.5 Å². The molecule has 0 bridgehead atoms. The van der Waals surface area contributed by atoms with Crippen LogP contribution < -0.4 is 0 Å². The Bertz CT molecular complexity index is 334. The van der Waals surface area contributed by atoms with Gasteiger partial charge in [-0.3, -0.25) is 0 Å². The molecule has 0 aromatic heterocycles. The SMILES string of the molecule is COC/C=C/CCc1cccc(F)c1F. The Kier molecular flexibility index (Phi) is 4.98. The molecule has 0 unspecified atom stereocenters. The van der Waals surface area contributed by atoms with Crippen LogP contribution in [0.4, 0.5) is 8.78 Å². The van der Waals surface area contributed by atoms with Gasteiger partial charge < -0.3 is 4.74 Å². The van der Waals surface area contributed by atoms with Crippen LogP contribution in [0.15, 0.2) is 30.4 Å². The lowest BCUT2D eigenvalue weighted by atomic mass is 10.1. The van der Waals surface area contributed by atoms with Gasteiger partial charge in [0, 0.05) is 7.11 Å². The molecule has 1 nitrogen and oxygen atoms in total. The molecule has 1 aromatic carbocycles. The number of hydrogen-bond acceptors (Lipinski definition) is 1. The first-order valence-electron chi connectivity index (χ1n) is 4.82. The van der Waals surface area contributed by atoms with Crippen LogP contribution >= 0.6 is 0 Å². The number of allylic oxidation sites excluding steroid dienone is 1. The van der Waals surface area contributed by atoms with E-state index in [2.05, 4.69) is 0 Å². The Morgan fingerprint density at radius 1 is 1.27 bits per heavy atom. The summed E-state index contributed by atoms with van der Waals surface area (Å²) in [5.41, 5.74) is 0.414. The monoisotopic (exact) mass is 212 g/mol. The van der Waals surface area contributed by atoms with Crippen molar-refractivity contribution >= 4 is 0 Å². The maximum atomic E-state index is 13.2. The maximum absolute atomic E-state index is 13.2. The van der Waals surface area contributed by atoms with E-state index >= 15 is 0 Å². The standard InChI is InChI=1S/C12H14F2O/c1-15-9-4-2-3-6-10-7-5-8-11(13)12(10)14/h2,4-5,7-8H,3,6,9H2,1H3/b4-2+. The Balaban J connectivity index is 2.47. The second-order valence-electron chi connectivity index (χ2n) is 3.18. The van der Waals surface area contributed by atoms with E-state index in [1.807, 2.05) is 12.2 Å². The highest BCUT2D eigenvalue weighted by atomic mass is 19.2. The van der Waals surface area contributed by atoms with Crippen molar-refractivity contribution in [3.05, 3.63) is 47.5 Å². The largest absolute Gasteiger partial charge is 0.381 e. The molecule has 0 saturated carbocycles. The van der Waals surface area contributed by atoms with E-state index in [9.17, 15) is 8.78 Å². The van der Waals surface area contributed by atoms with E-state index in [-0.39, 0.29) is 0 Å². The van der Waals surface area contributed by atoms with Crippen LogP contribution in [0.2, 0.25) is 0 Å². The Morgan fingerprint density at radius 2 is 2.07 bits per heavy atom. The molecular formula is C12H14F2O. The third-order valence-electron chi connectivity index (χ3n) is 2.04. The Labute approximate surface area is 88.4 Å². The quantitative estimate of drug-likeness (QED) is 0.681. The van der Waals surface area contributed by atoms with Crippen molar-refractivity contribution in [1.29, 1.82) is 0 Å². The highest BCUT2D eigenvalue weighted by molar-refractivity contribution is 5.19. The molecule has 0 radical (unpaired) electrons. The van der Waals surface area contributed by atoms with Crippen molar-refractivity contribution in [3.63, 3.8) is 0 Å². The minimum Gasteiger partial charge on any atom is -0.381 e. The van der Waals surface area contributed by atoms with Crippen molar-refractivity contribution in [2.75, 3.05) is 13.7 Å². The van der Waals surface area contributed by atoms with Crippen LogP contribution in [0, 0.1) is 11.6 Å². The molecule has 0 aliphatic carbocycles. The number of ether oxygens (including phenoxy) is 1. The van der Waals surface area contributed by atoms with E-state index in [1.54, 1.807) is 13.2 Å². The predicted octanol–water partition coefficient (Wildman–Crippen LogP) is 3.10. The van der Waals surface area contributed by atoms with Crippen LogP contribution in [-0.4, -0.2) is 13.7 Å². The summed E-state index contributed by atoms with van der Waals surface area (Å²) < 4.78 is 30.8. The second kappa shape index (κ2) is 6.30. The maximum Gasteiger partial charge on any atom is 0.162 e. The summed E-state index contributed by atoms with van der Waals surface area (Å²) in [5.74, 6) is -1.52. The summed E-state index contributed by atoms with van der Waals surface area (Å²) in [6.45, 7) is 0.547. The van der Waals surface area contributed by atoms with Gasteiger partial charge in [-0.15, -0.1) is 0 Å². The highest BCUT2D eigenvalue weighted by Crippen LogP contribution is 2.13. The first-order valence-corrected chi connectivity index (χ1v) is 4.82. The molecule has 0 atom stereocenters. The van der Waals surface area contributed by atoms with Gasteiger partial charge in [-0.05, 0) is 24.5 Å². The van der Waals surface area contributed by atoms with Gasteiger partial charge in [-0.2, -0.15) is 0 Å². The fourth-order valence-corrected chi connectivity index (χ4v) is 1.26. The van der Waals surface area contributed by atoms with Gasteiger partial charge in [0.1, 0.15) is 0 Å². The lowest BCUT2D eigenvalue weighted by Gasteiger charge is -2.01. The lowest BCUT2D eigenvalue weighted by Crippen LogP contribution is -1.93. The average molecular weight is 212 g/mol. The molecular weight excluding hydrogens is 198 g/mol. The van der Waals surface area contributed by atoms with E-state index in [0.717, 1.165) is 6.07 Å². The third-order valence-corrected chi connectivity index (χ3v) is 2.04. The van der Waals surface area contributed by atoms with E-state index in [4.69, 9.17) is 4.74 Å². The zero-order chi connectivity index (χ0) is 11.1. The zero-order valence-corrected chi connectivity index (χ0v) is 8.67. The van der Waals surface area contributed by atoms with E-state index in [1.165, 1.54) is 6.07 Å². The van der Waals surface area contributed by atoms with Crippen LogP contribution in [0.3, 0.4) is 0 Å². The predicted molar refractivity (Wildman–Crippen MR) is 55.7 cm³/mol. The topological polar surface area (TPSA) is 9.23 Å². The Hall–Kier alpha value is -1.22. The molecule has 0 aliphatic rings. The number of halogens is 2. The summed E-state index contributed by atoms with van der Waals surface area (Å²) in [6.07, 6.45) is 4.94. The molecule has 1 rings (SSSR count). The number of aryl methyl sites for hydroxylation is 1. The van der Waals surface area contributed by atoms with Gasteiger partial charge in [0.2, 0.25) is 0 Å². The minimum atomic E-state index is -0.784. The van der Waals surface area contributed by atoms with Crippen LogP contribution in [-0.2, 0) is 11.2 Å². The van der Waals surface area contributed by atoms with Crippen molar-refractivity contribution in [2.45, 2.75) is 12.8 Å². The van der Waals surface area contributed by atoms with Gasteiger partial charge >= 0.3 is 0 Å². The van der Waals surface area contributed by atoms with Crippen molar-refractivity contribution in [2.24, 2.45) is 0 Å². The number of hydrogen-bond donors (Lipinski definition) is 0. The lowest BCUT2D eigenvalue weighted by molar-refractivity contribution is 0.233. The van der Waals surface area contributed by atoms with Gasteiger partial charge in [0.15, 0.2) is 11.6 Å². The Morgan fingerprint density at radius 3 is 2.80 bits per heavy atom. The smallest absolute Gasteiger partial charge is 0.162 e. The highest BCUT2D eigenvalue weighted by Gasteiger charge is 2.05. The fraction of sp³-hybridized carbons (Fsp3) is 0.333. The van der Waals surface area contributed by atoms with E-state index < -0.39 is 11.6 Å². The van der Waals surface area contributed by atoms with Crippen LogP contribution in [0.1, 0.15) is 12.0 Å². The van der Waals surface area contributed by atoms with Crippen LogP contribution in [0.5, 0.6) is 0 Å². The van der Waals surface area contributed by atoms with Gasteiger partial charge in [0.05, 0.1) is 6.61 Å². The fourth-order valence-electron chi connectivity index (χ4n) is 1.26. The summed E-state index contributed by atoms with van der Waals surface area (Å²) in [7, 11) is 1.61. The van der Waals surface area contributed by atoms with E-state index in [0.29, 0.717) is 25.0 Å². The van der Waals surface area contributed by atoms with Gasteiger partial charge in [0.25, 0.3) is 0 Å².